The number of rotatable bonds is 4. The van der Waals surface area contributed by atoms with Gasteiger partial charge >= 0.3 is 0 Å². The lowest BCUT2D eigenvalue weighted by molar-refractivity contribution is -0.115. The van der Waals surface area contributed by atoms with Crippen LogP contribution in [-0.4, -0.2) is 41.0 Å². The smallest absolute Gasteiger partial charge is 0.254 e. The normalized spacial score (nSPS) is 13.4. The summed E-state index contributed by atoms with van der Waals surface area (Å²) >= 11 is 0. The molecule has 0 bridgehead atoms. The van der Waals surface area contributed by atoms with Gasteiger partial charge in [0.05, 0.1) is 13.0 Å². The summed E-state index contributed by atoms with van der Waals surface area (Å²) in [6.45, 7) is 4.05. The molecule has 2 amide bonds. The van der Waals surface area contributed by atoms with Crippen LogP contribution < -0.4 is 5.32 Å². The fraction of sp³-hybridized carbons (Fsp3) is 0.429. The lowest BCUT2D eigenvalue weighted by Crippen LogP contribution is -2.39. The van der Waals surface area contributed by atoms with Crippen LogP contribution in [0.25, 0.3) is 0 Å². The molecule has 5 heteroatoms. The molecular weight excluding hydrogens is 244 g/mol. The van der Waals surface area contributed by atoms with E-state index in [9.17, 15) is 9.59 Å². The van der Waals surface area contributed by atoms with Gasteiger partial charge in [-0.05, 0) is 31.5 Å². The Bertz CT molecular complexity index is 511. The van der Waals surface area contributed by atoms with Crippen molar-refractivity contribution in [1.29, 1.82) is 0 Å². The van der Waals surface area contributed by atoms with E-state index in [-0.39, 0.29) is 24.5 Å². The van der Waals surface area contributed by atoms with Crippen LogP contribution in [0.15, 0.2) is 18.2 Å². The van der Waals surface area contributed by atoms with Crippen molar-refractivity contribution in [1.82, 2.24) is 4.90 Å². The van der Waals surface area contributed by atoms with Gasteiger partial charge in [0.15, 0.2) is 0 Å². The number of carbonyl (C=O) groups is 2. The topological polar surface area (TPSA) is 69.6 Å². The fourth-order valence-corrected chi connectivity index (χ4v) is 2.22. The molecule has 102 valence electrons. The number of hydrogen-bond donors (Lipinski definition) is 2. The Morgan fingerprint density at radius 2 is 2.21 bits per heavy atom. The van der Waals surface area contributed by atoms with E-state index in [0.717, 1.165) is 5.56 Å². The zero-order valence-electron chi connectivity index (χ0n) is 11.1. The van der Waals surface area contributed by atoms with Crippen LogP contribution in [-0.2, 0) is 11.2 Å². The second-order valence-corrected chi connectivity index (χ2v) is 4.91. The lowest BCUT2D eigenvalue weighted by Gasteiger charge is -2.26. The van der Waals surface area contributed by atoms with Crippen LogP contribution in [0.3, 0.4) is 0 Å². The quantitative estimate of drug-likeness (QED) is 0.851. The number of aliphatic hydroxyl groups excluding tert-OH is 1. The fourth-order valence-electron chi connectivity index (χ4n) is 2.22. The molecule has 1 aliphatic rings. The summed E-state index contributed by atoms with van der Waals surface area (Å²) in [4.78, 5) is 25.3. The number of aliphatic hydroxyl groups is 1. The SMILES string of the molecule is CC(C)N(CCO)C(=O)c1ccc2c(c1)NC(=O)C2. The molecule has 19 heavy (non-hydrogen) atoms. The minimum atomic E-state index is -0.131. The van der Waals surface area contributed by atoms with Crippen molar-refractivity contribution in [2.45, 2.75) is 26.3 Å². The molecule has 0 unspecified atom stereocenters. The van der Waals surface area contributed by atoms with E-state index >= 15 is 0 Å². The molecule has 2 rings (SSSR count). The maximum absolute atomic E-state index is 12.4. The summed E-state index contributed by atoms with van der Waals surface area (Å²) in [6.07, 6.45) is 0.369. The lowest BCUT2D eigenvalue weighted by atomic mass is 10.1. The van der Waals surface area contributed by atoms with Gasteiger partial charge in [0.2, 0.25) is 5.91 Å². The Kier molecular flexibility index (Phi) is 3.85. The first-order chi connectivity index (χ1) is 9.02. The van der Waals surface area contributed by atoms with Crippen molar-refractivity contribution >= 4 is 17.5 Å². The van der Waals surface area contributed by atoms with Crippen molar-refractivity contribution in [3.63, 3.8) is 0 Å². The highest BCUT2D eigenvalue weighted by molar-refractivity contribution is 6.02. The summed E-state index contributed by atoms with van der Waals surface area (Å²) < 4.78 is 0. The molecule has 0 saturated heterocycles. The maximum atomic E-state index is 12.4. The molecule has 1 aromatic rings. The highest BCUT2D eigenvalue weighted by atomic mass is 16.3. The van der Waals surface area contributed by atoms with Gasteiger partial charge in [-0.25, -0.2) is 0 Å². The summed E-state index contributed by atoms with van der Waals surface area (Å²) in [5, 5.41) is 11.8. The Labute approximate surface area is 112 Å². The number of nitrogens with one attached hydrogen (secondary N) is 1. The van der Waals surface area contributed by atoms with Gasteiger partial charge in [-0.15, -0.1) is 0 Å². The first-order valence-electron chi connectivity index (χ1n) is 6.37. The summed E-state index contributed by atoms with van der Waals surface area (Å²) in [5.74, 6) is -0.177. The number of nitrogens with zero attached hydrogens (tertiary/aromatic N) is 1. The van der Waals surface area contributed by atoms with Crippen LogP contribution in [0, 0.1) is 0 Å². The van der Waals surface area contributed by atoms with Crippen molar-refractivity contribution < 1.29 is 14.7 Å². The van der Waals surface area contributed by atoms with Crippen LogP contribution in [0.4, 0.5) is 5.69 Å². The van der Waals surface area contributed by atoms with Crippen LogP contribution in [0.1, 0.15) is 29.8 Å². The van der Waals surface area contributed by atoms with Gasteiger partial charge in [-0.2, -0.15) is 0 Å². The molecular formula is C14H18N2O3. The minimum Gasteiger partial charge on any atom is -0.395 e. The molecule has 0 aromatic heterocycles. The van der Waals surface area contributed by atoms with E-state index in [1.165, 1.54) is 0 Å². The largest absolute Gasteiger partial charge is 0.395 e. The monoisotopic (exact) mass is 262 g/mol. The second kappa shape index (κ2) is 5.40. The van der Waals surface area contributed by atoms with E-state index in [4.69, 9.17) is 5.11 Å². The number of amides is 2. The molecule has 5 nitrogen and oxygen atoms in total. The zero-order valence-corrected chi connectivity index (χ0v) is 11.1. The maximum Gasteiger partial charge on any atom is 0.254 e. The molecule has 0 spiro atoms. The van der Waals surface area contributed by atoms with Crippen molar-refractivity contribution in [3.05, 3.63) is 29.3 Å². The average Bonchev–Trinajstić information content (AvgIpc) is 2.73. The predicted octanol–water partition coefficient (Wildman–Crippen LogP) is 1.02. The van der Waals surface area contributed by atoms with E-state index in [2.05, 4.69) is 5.32 Å². The standard InChI is InChI=1S/C14H18N2O3/c1-9(2)16(5-6-17)14(19)11-4-3-10-8-13(18)15-12(10)7-11/h3-4,7,9,17H,5-6,8H2,1-2H3,(H,15,18). The molecule has 2 N–H and O–H groups in total. The average molecular weight is 262 g/mol. The van der Waals surface area contributed by atoms with Crippen molar-refractivity contribution in [3.8, 4) is 0 Å². The number of fused-ring (bicyclic) bond motifs is 1. The Hall–Kier alpha value is -1.88. The van der Waals surface area contributed by atoms with E-state index in [0.29, 0.717) is 24.2 Å². The highest BCUT2D eigenvalue weighted by Gasteiger charge is 2.22. The second-order valence-electron chi connectivity index (χ2n) is 4.91. The minimum absolute atomic E-state index is 0.0162. The number of carbonyl (C=O) groups excluding carboxylic acids is 2. The summed E-state index contributed by atoms with van der Waals surface area (Å²) in [5.41, 5.74) is 2.16. The number of benzene rings is 1. The third kappa shape index (κ3) is 2.76. The molecule has 0 saturated carbocycles. The van der Waals surface area contributed by atoms with Gasteiger partial charge in [0.1, 0.15) is 0 Å². The summed E-state index contributed by atoms with van der Waals surface area (Å²) in [7, 11) is 0. The molecule has 0 atom stereocenters. The van der Waals surface area contributed by atoms with Crippen molar-refractivity contribution in [2.75, 3.05) is 18.5 Å². The third-order valence-electron chi connectivity index (χ3n) is 3.21. The Balaban J connectivity index is 2.24. The molecule has 1 heterocycles. The predicted molar refractivity (Wildman–Crippen MR) is 72.0 cm³/mol. The van der Waals surface area contributed by atoms with E-state index in [1.54, 1.807) is 23.1 Å². The van der Waals surface area contributed by atoms with Crippen LogP contribution >= 0.6 is 0 Å². The van der Waals surface area contributed by atoms with E-state index < -0.39 is 0 Å². The van der Waals surface area contributed by atoms with Gasteiger partial charge in [-0.1, -0.05) is 6.07 Å². The first kappa shape index (κ1) is 13.5. The van der Waals surface area contributed by atoms with Gasteiger partial charge in [-0.3, -0.25) is 9.59 Å². The van der Waals surface area contributed by atoms with E-state index in [1.807, 2.05) is 13.8 Å². The number of anilines is 1. The van der Waals surface area contributed by atoms with Crippen LogP contribution in [0.5, 0.6) is 0 Å². The molecule has 0 radical (unpaired) electrons. The Morgan fingerprint density at radius 1 is 1.47 bits per heavy atom. The molecule has 0 fully saturated rings. The summed E-state index contributed by atoms with van der Waals surface area (Å²) in [6, 6.07) is 5.25. The molecule has 1 aliphatic heterocycles. The molecule has 0 aliphatic carbocycles. The third-order valence-corrected chi connectivity index (χ3v) is 3.21. The van der Waals surface area contributed by atoms with Crippen LogP contribution in [0.2, 0.25) is 0 Å². The first-order valence-corrected chi connectivity index (χ1v) is 6.37. The number of hydrogen-bond acceptors (Lipinski definition) is 3. The van der Waals surface area contributed by atoms with Crippen molar-refractivity contribution in [2.24, 2.45) is 0 Å². The van der Waals surface area contributed by atoms with Gasteiger partial charge in [0.25, 0.3) is 5.91 Å². The molecule has 1 aromatic carbocycles. The van der Waals surface area contributed by atoms with Gasteiger partial charge in [0, 0.05) is 23.8 Å². The highest BCUT2D eigenvalue weighted by Crippen LogP contribution is 2.24. The zero-order chi connectivity index (χ0) is 14.0. The Morgan fingerprint density at radius 3 is 2.84 bits per heavy atom. The van der Waals surface area contributed by atoms with Gasteiger partial charge < -0.3 is 15.3 Å².